The first kappa shape index (κ1) is 21.1. The van der Waals surface area contributed by atoms with E-state index in [9.17, 15) is 9.18 Å². The van der Waals surface area contributed by atoms with E-state index in [-0.39, 0.29) is 23.8 Å². The summed E-state index contributed by atoms with van der Waals surface area (Å²) in [6.45, 7) is 8.42. The molecule has 4 rings (SSSR count). The molecule has 1 amide bonds. The van der Waals surface area contributed by atoms with Crippen LogP contribution in [0.2, 0.25) is 0 Å². The van der Waals surface area contributed by atoms with E-state index in [0.29, 0.717) is 17.1 Å². The number of ether oxygens (including phenoxy) is 1. The molecule has 0 bridgehead atoms. The Kier molecular flexibility index (Phi) is 6.06. The molecule has 0 radical (unpaired) electrons. The van der Waals surface area contributed by atoms with Crippen molar-refractivity contribution in [2.45, 2.75) is 39.5 Å². The number of carbonyl (C=O) groups is 1. The van der Waals surface area contributed by atoms with Crippen molar-refractivity contribution in [1.29, 1.82) is 0 Å². The van der Waals surface area contributed by atoms with Crippen molar-refractivity contribution in [3.05, 3.63) is 65.2 Å². The molecule has 1 fully saturated rings. The predicted octanol–water partition coefficient (Wildman–Crippen LogP) is 2.97. The molecule has 8 nitrogen and oxygen atoms in total. The number of hydrogen-bond donors (Lipinski definition) is 1. The van der Waals surface area contributed by atoms with Crippen LogP contribution in [0.5, 0.6) is 0 Å². The van der Waals surface area contributed by atoms with Gasteiger partial charge in [0.15, 0.2) is 5.82 Å². The van der Waals surface area contributed by atoms with Crippen LogP contribution in [0, 0.1) is 12.7 Å². The molecule has 1 aliphatic heterocycles. The fourth-order valence-corrected chi connectivity index (χ4v) is 3.84. The zero-order chi connectivity index (χ0) is 22.0. The molecule has 3 aromatic rings. The quantitative estimate of drug-likeness (QED) is 0.678. The van der Waals surface area contributed by atoms with Crippen LogP contribution in [-0.2, 0) is 11.3 Å². The summed E-state index contributed by atoms with van der Waals surface area (Å²) in [4.78, 5) is 15.0. The first-order valence-corrected chi connectivity index (χ1v) is 10.2. The normalized spacial score (nSPS) is 19.4. The maximum Gasteiger partial charge on any atom is 0.255 e. The zero-order valence-electron chi connectivity index (χ0n) is 17.7. The van der Waals surface area contributed by atoms with Crippen LogP contribution in [-0.4, -0.2) is 56.3 Å². The first-order chi connectivity index (χ1) is 14.9. The van der Waals surface area contributed by atoms with Gasteiger partial charge in [0.25, 0.3) is 5.91 Å². The summed E-state index contributed by atoms with van der Waals surface area (Å²) < 4.78 is 21.3. The molecule has 1 N–H and O–H groups in total. The number of benzene rings is 2. The second-order valence-corrected chi connectivity index (χ2v) is 7.91. The number of morpholine rings is 1. The number of rotatable bonds is 5. The lowest BCUT2D eigenvalue weighted by molar-refractivity contribution is -0.0704. The van der Waals surface area contributed by atoms with Crippen LogP contribution in [0.4, 0.5) is 10.1 Å². The lowest BCUT2D eigenvalue weighted by Crippen LogP contribution is -2.44. The van der Waals surface area contributed by atoms with Gasteiger partial charge in [-0.15, -0.1) is 5.10 Å². The molecule has 9 heteroatoms. The van der Waals surface area contributed by atoms with E-state index in [1.807, 2.05) is 12.1 Å². The molecule has 2 atom stereocenters. The highest BCUT2D eigenvalue weighted by atomic mass is 19.1. The molecule has 1 saturated heterocycles. The van der Waals surface area contributed by atoms with Gasteiger partial charge in [-0.3, -0.25) is 9.69 Å². The van der Waals surface area contributed by atoms with E-state index in [0.717, 1.165) is 25.2 Å². The van der Waals surface area contributed by atoms with E-state index in [2.05, 4.69) is 39.6 Å². The summed E-state index contributed by atoms with van der Waals surface area (Å²) in [5.41, 5.74) is 2.29. The third-order valence-corrected chi connectivity index (χ3v) is 5.18. The molecule has 1 aromatic heterocycles. The first-order valence-electron chi connectivity index (χ1n) is 10.2. The van der Waals surface area contributed by atoms with E-state index < -0.39 is 5.82 Å². The Bertz CT molecular complexity index is 1060. The Morgan fingerprint density at radius 1 is 1.16 bits per heavy atom. The molecule has 31 heavy (non-hydrogen) atoms. The van der Waals surface area contributed by atoms with Gasteiger partial charge in [-0.25, -0.2) is 4.39 Å². The summed E-state index contributed by atoms with van der Waals surface area (Å²) in [7, 11) is 0. The minimum atomic E-state index is -0.482. The van der Waals surface area contributed by atoms with Gasteiger partial charge in [0.1, 0.15) is 11.5 Å². The van der Waals surface area contributed by atoms with E-state index in [1.165, 1.54) is 22.9 Å². The van der Waals surface area contributed by atoms with E-state index >= 15 is 0 Å². The summed E-state index contributed by atoms with van der Waals surface area (Å²) >= 11 is 0. The minimum absolute atomic E-state index is 0.171. The Labute approximate surface area is 180 Å². The van der Waals surface area contributed by atoms with E-state index in [4.69, 9.17) is 4.74 Å². The van der Waals surface area contributed by atoms with Gasteiger partial charge in [0, 0.05) is 30.9 Å². The van der Waals surface area contributed by atoms with Gasteiger partial charge in [0.2, 0.25) is 0 Å². The second kappa shape index (κ2) is 8.91. The molecular weight excluding hydrogens is 399 g/mol. The standard InChI is InChI=1S/C22H25FN6O2/c1-14-11-28(12-15(2)31-14)13-17-4-6-18(7-5-17)22(30)24-19-8-9-20(23)21(10-19)29-16(3)25-26-27-29/h4-10,14-15H,11-13H2,1-3H3,(H,24,30). The Hall–Kier alpha value is -3.17. The number of halogens is 1. The predicted molar refractivity (Wildman–Crippen MR) is 114 cm³/mol. The summed E-state index contributed by atoms with van der Waals surface area (Å²) in [6.07, 6.45) is 0.429. The molecule has 2 aromatic carbocycles. The van der Waals surface area contributed by atoms with Crippen LogP contribution < -0.4 is 5.32 Å². The number of anilines is 1. The number of nitrogens with zero attached hydrogens (tertiary/aromatic N) is 5. The molecule has 0 aliphatic carbocycles. The summed E-state index contributed by atoms with van der Waals surface area (Å²) in [5, 5.41) is 13.9. The average molecular weight is 424 g/mol. The monoisotopic (exact) mass is 424 g/mol. The van der Waals surface area contributed by atoms with Crippen LogP contribution in [0.3, 0.4) is 0 Å². The fourth-order valence-electron chi connectivity index (χ4n) is 3.84. The second-order valence-electron chi connectivity index (χ2n) is 7.91. The molecule has 1 aliphatic rings. The molecular formula is C22H25FN6O2. The fraction of sp³-hybridized carbons (Fsp3) is 0.364. The van der Waals surface area contributed by atoms with E-state index in [1.54, 1.807) is 19.1 Å². The minimum Gasteiger partial charge on any atom is -0.373 e. The van der Waals surface area contributed by atoms with Crippen LogP contribution in [0.15, 0.2) is 42.5 Å². The number of aryl methyl sites for hydroxylation is 1. The molecule has 2 unspecified atom stereocenters. The van der Waals surface area contributed by atoms with Gasteiger partial charge in [-0.1, -0.05) is 12.1 Å². The van der Waals surface area contributed by atoms with Crippen molar-refractivity contribution in [1.82, 2.24) is 25.1 Å². The van der Waals surface area contributed by atoms with Gasteiger partial charge < -0.3 is 10.1 Å². The largest absolute Gasteiger partial charge is 0.373 e. The summed E-state index contributed by atoms with van der Waals surface area (Å²) in [6, 6.07) is 11.8. The van der Waals surface area contributed by atoms with Crippen molar-refractivity contribution in [2.75, 3.05) is 18.4 Å². The number of aromatic nitrogens is 4. The van der Waals surface area contributed by atoms with Crippen molar-refractivity contribution in [3.63, 3.8) is 0 Å². The summed E-state index contributed by atoms with van der Waals surface area (Å²) in [5.74, 6) is -0.308. The average Bonchev–Trinajstić information content (AvgIpc) is 3.15. The highest BCUT2D eigenvalue weighted by Gasteiger charge is 2.22. The molecule has 162 valence electrons. The number of nitrogens with one attached hydrogen (secondary N) is 1. The van der Waals surface area contributed by atoms with Gasteiger partial charge in [-0.05, 0) is 67.1 Å². The van der Waals surface area contributed by atoms with Crippen molar-refractivity contribution in [3.8, 4) is 5.69 Å². The topological polar surface area (TPSA) is 85.2 Å². The number of tetrazole rings is 1. The van der Waals surface area contributed by atoms with Crippen LogP contribution in [0.1, 0.15) is 35.6 Å². The zero-order valence-corrected chi connectivity index (χ0v) is 17.7. The third-order valence-electron chi connectivity index (χ3n) is 5.18. The van der Waals surface area contributed by atoms with Crippen LogP contribution in [0.25, 0.3) is 5.69 Å². The van der Waals surface area contributed by atoms with Crippen molar-refractivity contribution in [2.24, 2.45) is 0 Å². The number of carbonyl (C=O) groups excluding carboxylic acids is 1. The van der Waals surface area contributed by atoms with Gasteiger partial charge in [0.05, 0.1) is 12.2 Å². The highest BCUT2D eigenvalue weighted by Crippen LogP contribution is 2.20. The van der Waals surface area contributed by atoms with Gasteiger partial charge >= 0.3 is 0 Å². The smallest absolute Gasteiger partial charge is 0.255 e. The lowest BCUT2D eigenvalue weighted by Gasteiger charge is -2.35. The number of amides is 1. The SMILES string of the molecule is Cc1nnnn1-c1cc(NC(=O)c2ccc(CN3CC(C)OC(C)C3)cc2)ccc1F. The molecule has 0 saturated carbocycles. The maximum atomic E-state index is 14.2. The Morgan fingerprint density at radius 3 is 2.52 bits per heavy atom. The third kappa shape index (κ3) is 4.95. The lowest BCUT2D eigenvalue weighted by atomic mass is 10.1. The molecule has 2 heterocycles. The van der Waals surface area contributed by atoms with Gasteiger partial charge in [-0.2, -0.15) is 4.68 Å². The van der Waals surface area contributed by atoms with Crippen LogP contribution >= 0.6 is 0 Å². The Balaban J connectivity index is 1.43. The van der Waals surface area contributed by atoms with Crippen molar-refractivity contribution >= 4 is 11.6 Å². The number of hydrogen-bond acceptors (Lipinski definition) is 6. The van der Waals surface area contributed by atoms with Crippen molar-refractivity contribution < 1.29 is 13.9 Å². The Morgan fingerprint density at radius 2 is 1.87 bits per heavy atom. The molecule has 0 spiro atoms. The highest BCUT2D eigenvalue weighted by molar-refractivity contribution is 6.04. The maximum absolute atomic E-state index is 14.2.